The summed E-state index contributed by atoms with van der Waals surface area (Å²) in [6, 6.07) is 70.8. The minimum atomic E-state index is 0.639. The molecule has 0 aliphatic heterocycles. The first-order valence-corrected chi connectivity index (χ1v) is 18.3. The van der Waals surface area contributed by atoms with Crippen molar-refractivity contribution in [3.05, 3.63) is 200 Å². The fourth-order valence-corrected chi connectivity index (χ4v) is 7.70. The van der Waals surface area contributed by atoms with Crippen LogP contribution in [0, 0.1) is 0 Å². The Morgan fingerprint density at radius 3 is 1.19 bits per heavy atom. The van der Waals surface area contributed by atoms with Gasteiger partial charge in [-0.3, -0.25) is 0 Å². The first kappa shape index (κ1) is 31.5. The zero-order valence-electron chi connectivity index (χ0n) is 29.4. The molecule has 0 amide bonds. The van der Waals surface area contributed by atoms with Crippen LogP contribution in [0.5, 0.6) is 0 Å². The van der Waals surface area contributed by atoms with Gasteiger partial charge >= 0.3 is 0 Å². The van der Waals surface area contributed by atoms with Gasteiger partial charge in [-0.1, -0.05) is 176 Å². The number of rotatable bonds is 6. The zero-order valence-corrected chi connectivity index (χ0v) is 29.4. The highest BCUT2D eigenvalue weighted by atomic mass is 15.0. The standard InChI is InChI=1S/C51H33N3/c1-4-16-34(17-5-1)41-32-46(48-45-29-13-12-27-43(45)42-26-10-11-28-44(42)47(48)33-41)39-24-14-22-37(30-39)38-23-15-25-40(31-38)51-53-49(35-18-6-2-7-19-35)52-50(54-51)36-20-8-3-9-21-36/h1-33H. The average molecular weight is 688 g/mol. The van der Waals surface area contributed by atoms with Gasteiger partial charge in [-0.05, 0) is 90.0 Å². The van der Waals surface area contributed by atoms with Gasteiger partial charge in [0.15, 0.2) is 17.5 Å². The lowest BCUT2D eigenvalue weighted by molar-refractivity contribution is 1.07. The summed E-state index contributed by atoms with van der Waals surface area (Å²) < 4.78 is 0. The Kier molecular flexibility index (Phi) is 7.81. The third kappa shape index (κ3) is 5.69. The molecule has 3 nitrogen and oxygen atoms in total. The Bertz CT molecular complexity index is 2920. The average Bonchev–Trinajstić information content (AvgIpc) is 3.27. The molecular weight excluding hydrogens is 655 g/mol. The second-order valence-corrected chi connectivity index (χ2v) is 13.6. The quantitative estimate of drug-likeness (QED) is 0.163. The van der Waals surface area contributed by atoms with E-state index < -0.39 is 0 Å². The molecule has 0 aliphatic rings. The van der Waals surface area contributed by atoms with Crippen molar-refractivity contribution in [1.82, 2.24) is 15.0 Å². The maximum absolute atomic E-state index is 5.00. The Balaban J connectivity index is 1.15. The summed E-state index contributed by atoms with van der Waals surface area (Å²) in [5, 5.41) is 7.57. The summed E-state index contributed by atoms with van der Waals surface area (Å²) in [4.78, 5) is 14.9. The summed E-state index contributed by atoms with van der Waals surface area (Å²) >= 11 is 0. The summed E-state index contributed by atoms with van der Waals surface area (Å²) in [7, 11) is 0. The van der Waals surface area contributed by atoms with Crippen molar-refractivity contribution in [2.24, 2.45) is 0 Å². The summed E-state index contributed by atoms with van der Waals surface area (Å²) in [6.07, 6.45) is 0. The highest BCUT2D eigenvalue weighted by molar-refractivity contribution is 6.29. The summed E-state index contributed by atoms with van der Waals surface area (Å²) in [5.74, 6) is 1.94. The van der Waals surface area contributed by atoms with Gasteiger partial charge in [0, 0.05) is 16.7 Å². The highest BCUT2D eigenvalue weighted by Gasteiger charge is 2.17. The topological polar surface area (TPSA) is 38.7 Å². The molecule has 0 unspecified atom stereocenters. The molecule has 1 aromatic heterocycles. The van der Waals surface area contributed by atoms with E-state index in [0.29, 0.717) is 17.5 Å². The molecule has 0 saturated carbocycles. The van der Waals surface area contributed by atoms with Gasteiger partial charge in [-0.2, -0.15) is 0 Å². The molecule has 1 heterocycles. The van der Waals surface area contributed by atoms with Crippen LogP contribution in [0.2, 0.25) is 0 Å². The molecule has 54 heavy (non-hydrogen) atoms. The molecule has 9 aromatic carbocycles. The van der Waals surface area contributed by atoms with E-state index in [-0.39, 0.29) is 0 Å². The van der Waals surface area contributed by atoms with Gasteiger partial charge in [0.05, 0.1) is 0 Å². The smallest absolute Gasteiger partial charge is 0.164 e. The molecule has 3 heteroatoms. The SMILES string of the molecule is c1ccc(-c2cc(-c3cccc(-c4cccc(-c5nc(-c6ccccc6)nc(-c6ccccc6)n5)c4)c3)c3c4ccccc4c4ccccc4c3c2)cc1. The molecule has 10 aromatic rings. The van der Waals surface area contributed by atoms with Gasteiger partial charge in [0.25, 0.3) is 0 Å². The second kappa shape index (κ2) is 13.4. The number of hydrogen-bond acceptors (Lipinski definition) is 3. The fourth-order valence-electron chi connectivity index (χ4n) is 7.70. The first-order chi connectivity index (χ1) is 26.8. The van der Waals surface area contributed by atoms with Crippen molar-refractivity contribution in [3.8, 4) is 67.5 Å². The van der Waals surface area contributed by atoms with Crippen molar-refractivity contribution in [2.75, 3.05) is 0 Å². The maximum Gasteiger partial charge on any atom is 0.164 e. The second-order valence-electron chi connectivity index (χ2n) is 13.6. The lowest BCUT2D eigenvalue weighted by Gasteiger charge is -2.17. The lowest BCUT2D eigenvalue weighted by atomic mass is 9.86. The Morgan fingerprint density at radius 2 is 0.611 bits per heavy atom. The molecule has 0 bridgehead atoms. The normalized spacial score (nSPS) is 11.3. The Labute approximate surface area is 313 Å². The Morgan fingerprint density at radius 1 is 0.222 bits per heavy atom. The fraction of sp³-hybridized carbons (Fsp3) is 0. The van der Waals surface area contributed by atoms with Crippen LogP contribution in [0.15, 0.2) is 200 Å². The maximum atomic E-state index is 5.00. The molecule has 0 saturated heterocycles. The van der Waals surface area contributed by atoms with E-state index in [1.165, 1.54) is 54.6 Å². The minimum Gasteiger partial charge on any atom is -0.208 e. The number of benzene rings is 9. The van der Waals surface area contributed by atoms with Gasteiger partial charge in [0.2, 0.25) is 0 Å². The van der Waals surface area contributed by atoms with Crippen LogP contribution in [0.3, 0.4) is 0 Å². The highest BCUT2D eigenvalue weighted by Crippen LogP contribution is 2.43. The number of aromatic nitrogens is 3. The predicted octanol–water partition coefficient (Wildman–Crippen LogP) is 13.3. The van der Waals surface area contributed by atoms with Gasteiger partial charge in [-0.25, -0.2) is 15.0 Å². The van der Waals surface area contributed by atoms with E-state index in [1.54, 1.807) is 0 Å². The van der Waals surface area contributed by atoms with E-state index in [0.717, 1.165) is 27.8 Å². The van der Waals surface area contributed by atoms with Crippen LogP contribution in [0.1, 0.15) is 0 Å². The van der Waals surface area contributed by atoms with E-state index in [4.69, 9.17) is 15.0 Å². The van der Waals surface area contributed by atoms with E-state index in [9.17, 15) is 0 Å². The molecule has 10 rings (SSSR count). The number of fused-ring (bicyclic) bond motifs is 6. The van der Waals surface area contributed by atoms with Crippen LogP contribution >= 0.6 is 0 Å². The minimum absolute atomic E-state index is 0.639. The number of hydrogen-bond donors (Lipinski definition) is 0. The molecule has 252 valence electrons. The third-order valence-electron chi connectivity index (χ3n) is 10.3. The monoisotopic (exact) mass is 687 g/mol. The number of nitrogens with zero attached hydrogens (tertiary/aromatic N) is 3. The van der Waals surface area contributed by atoms with E-state index >= 15 is 0 Å². The van der Waals surface area contributed by atoms with Crippen LogP contribution in [0.25, 0.3) is 99.9 Å². The van der Waals surface area contributed by atoms with Crippen LogP contribution < -0.4 is 0 Å². The van der Waals surface area contributed by atoms with Gasteiger partial charge in [0.1, 0.15) is 0 Å². The molecular formula is C51H33N3. The Hall–Kier alpha value is -7.23. The third-order valence-corrected chi connectivity index (χ3v) is 10.3. The zero-order chi connectivity index (χ0) is 35.8. The molecule has 0 fully saturated rings. The van der Waals surface area contributed by atoms with Crippen LogP contribution in [-0.2, 0) is 0 Å². The van der Waals surface area contributed by atoms with Crippen molar-refractivity contribution < 1.29 is 0 Å². The van der Waals surface area contributed by atoms with E-state index in [2.05, 4.69) is 140 Å². The molecule has 0 spiro atoms. The van der Waals surface area contributed by atoms with Crippen molar-refractivity contribution in [3.63, 3.8) is 0 Å². The largest absolute Gasteiger partial charge is 0.208 e. The lowest BCUT2D eigenvalue weighted by Crippen LogP contribution is -2.00. The van der Waals surface area contributed by atoms with Crippen molar-refractivity contribution >= 4 is 32.3 Å². The summed E-state index contributed by atoms with van der Waals surface area (Å²) in [5.41, 5.74) is 9.83. The molecule has 0 atom stereocenters. The predicted molar refractivity (Wildman–Crippen MR) is 225 cm³/mol. The van der Waals surface area contributed by atoms with Gasteiger partial charge < -0.3 is 0 Å². The molecule has 0 N–H and O–H groups in total. The van der Waals surface area contributed by atoms with Crippen molar-refractivity contribution in [2.45, 2.75) is 0 Å². The van der Waals surface area contributed by atoms with Crippen LogP contribution in [-0.4, -0.2) is 15.0 Å². The summed E-state index contributed by atoms with van der Waals surface area (Å²) in [6.45, 7) is 0. The first-order valence-electron chi connectivity index (χ1n) is 18.3. The van der Waals surface area contributed by atoms with Crippen LogP contribution in [0.4, 0.5) is 0 Å². The molecule has 0 radical (unpaired) electrons. The van der Waals surface area contributed by atoms with Gasteiger partial charge in [-0.15, -0.1) is 0 Å². The van der Waals surface area contributed by atoms with Crippen molar-refractivity contribution in [1.29, 1.82) is 0 Å². The molecule has 0 aliphatic carbocycles. The van der Waals surface area contributed by atoms with E-state index in [1.807, 2.05) is 60.7 Å².